The Balaban J connectivity index is 0.000000500. The van der Waals surface area contributed by atoms with Crippen LogP contribution in [0.5, 0.6) is 0 Å². The third kappa shape index (κ3) is 1.16. The van der Waals surface area contributed by atoms with E-state index in [0.717, 1.165) is 5.92 Å². The molecule has 2 rings (SSSR count). The fraction of sp³-hybridized carbons (Fsp3) is 0.625. The molecule has 0 aliphatic heterocycles. The predicted molar refractivity (Wildman–Crippen MR) is 35.9 cm³/mol. The standard InChI is InChI=1S/C8H11O.Pd/c1-9-8-5-6-2-3-7(8)4-6;/h2-3,6,8H,4-5H2,1H3;/q-1;. The van der Waals surface area contributed by atoms with Crippen molar-refractivity contribution >= 4 is 0 Å². The number of hydrogen-bond donors (Lipinski definition) is 0. The molecular formula is C8H11OPd-. The van der Waals surface area contributed by atoms with Crippen molar-refractivity contribution in [3.63, 3.8) is 0 Å². The second kappa shape index (κ2) is 3.09. The van der Waals surface area contributed by atoms with Crippen molar-refractivity contribution < 1.29 is 25.2 Å². The van der Waals surface area contributed by atoms with E-state index < -0.39 is 0 Å². The van der Waals surface area contributed by atoms with Crippen LogP contribution >= 0.6 is 0 Å². The minimum Gasteiger partial charge on any atom is -0.395 e. The summed E-state index contributed by atoms with van der Waals surface area (Å²) in [4.78, 5) is 0. The van der Waals surface area contributed by atoms with Crippen LogP contribution in [0.25, 0.3) is 0 Å². The maximum Gasteiger partial charge on any atom is 0.0342 e. The number of fused-ring (bicyclic) bond motifs is 2. The van der Waals surface area contributed by atoms with Gasteiger partial charge in [-0.2, -0.15) is 5.92 Å². The monoisotopic (exact) mass is 229 g/mol. The molecule has 2 unspecified atom stereocenters. The Morgan fingerprint density at radius 3 is 2.70 bits per heavy atom. The van der Waals surface area contributed by atoms with E-state index in [9.17, 15) is 0 Å². The van der Waals surface area contributed by atoms with E-state index in [1.54, 1.807) is 7.11 Å². The molecule has 0 heterocycles. The summed E-state index contributed by atoms with van der Waals surface area (Å²) in [5.41, 5.74) is 0. The first-order valence-electron chi connectivity index (χ1n) is 3.47. The average molecular weight is 230 g/mol. The van der Waals surface area contributed by atoms with Crippen molar-refractivity contribution in [3.05, 3.63) is 18.1 Å². The first-order valence-corrected chi connectivity index (χ1v) is 3.47. The zero-order valence-electron chi connectivity index (χ0n) is 5.95. The van der Waals surface area contributed by atoms with Gasteiger partial charge in [-0.15, -0.1) is 6.42 Å². The smallest absolute Gasteiger partial charge is 0.0342 e. The van der Waals surface area contributed by atoms with E-state index in [1.165, 1.54) is 18.8 Å². The van der Waals surface area contributed by atoms with Gasteiger partial charge in [-0.05, 0) is 6.42 Å². The van der Waals surface area contributed by atoms with E-state index >= 15 is 0 Å². The summed E-state index contributed by atoms with van der Waals surface area (Å²) in [6.07, 6.45) is 7.47. The largest absolute Gasteiger partial charge is 0.395 e. The van der Waals surface area contributed by atoms with E-state index in [4.69, 9.17) is 4.74 Å². The van der Waals surface area contributed by atoms with Gasteiger partial charge in [0.1, 0.15) is 0 Å². The molecule has 2 atom stereocenters. The molecule has 0 aromatic rings. The van der Waals surface area contributed by atoms with Crippen LogP contribution in [0.1, 0.15) is 12.8 Å². The van der Waals surface area contributed by atoms with E-state index in [2.05, 4.69) is 12.2 Å². The first kappa shape index (κ1) is 8.33. The van der Waals surface area contributed by atoms with Crippen LogP contribution in [0.3, 0.4) is 0 Å². The SMILES string of the molecule is COC1CC2C=C[C-]1C2.[Pd]. The average Bonchev–Trinajstić information content (AvgIpc) is 2.45. The molecule has 0 radical (unpaired) electrons. The number of methoxy groups -OCH3 is 1. The number of allylic oxidation sites excluding steroid dienone is 1. The maximum absolute atomic E-state index is 5.26. The van der Waals surface area contributed by atoms with Gasteiger partial charge >= 0.3 is 0 Å². The molecule has 60 valence electrons. The molecular weight excluding hydrogens is 219 g/mol. The van der Waals surface area contributed by atoms with Gasteiger partial charge in [0.2, 0.25) is 0 Å². The van der Waals surface area contributed by atoms with Crippen molar-refractivity contribution in [2.24, 2.45) is 5.92 Å². The van der Waals surface area contributed by atoms with Crippen LogP contribution in [-0.2, 0) is 25.2 Å². The Labute approximate surface area is 75.5 Å². The summed E-state index contributed by atoms with van der Waals surface area (Å²) in [6, 6.07) is 0. The second-order valence-electron chi connectivity index (χ2n) is 2.86. The molecule has 0 N–H and O–H groups in total. The normalized spacial score (nSPS) is 34.7. The van der Waals surface area contributed by atoms with Crippen LogP contribution in [-0.4, -0.2) is 13.2 Å². The van der Waals surface area contributed by atoms with Crippen LogP contribution in [0, 0.1) is 11.8 Å². The number of rotatable bonds is 1. The van der Waals surface area contributed by atoms with Gasteiger partial charge in [0, 0.05) is 33.6 Å². The van der Waals surface area contributed by atoms with Crippen molar-refractivity contribution in [1.82, 2.24) is 0 Å². The van der Waals surface area contributed by atoms with Gasteiger partial charge in [0.25, 0.3) is 0 Å². The topological polar surface area (TPSA) is 9.23 Å². The molecule has 0 amide bonds. The summed E-state index contributed by atoms with van der Waals surface area (Å²) < 4.78 is 5.26. The molecule has 2 bridgehead atoms. The molecule has 0 aromatic heterocycles. The molecule has 1 saturated carbocycles. The maximum atomic E-state index is 5.26. The molecule has 2 aliphatic carbocycles. The third-order valence-electron chi connectivity index (χ3n) is 2.30. The minimum absolute atomic E-state index is 0. The quantitative estimate of drug-likeness (QED) is 0.490. The zero-order chi connectivity index (χ0) is 6.27. The molecule has 1 fully saturated rings. The fourth-order valence-corrected chi connectivity index (χ4v) is 1.77. The van der Waals surface area contributed by atoms with Crippen LogP contribution in [0.2, 0.25) is 0 Å². The molecule has 0 spiro atoms. The first-order chi connectivity index (χ1) is 4.40. The molecule has 0 saturated heterocycles. The summed E-state index contributed by atoms with van der Waals surface area (Å²) in [6.45, 7) is 0. The van der Waals surface area contributed by atoms with Crippen molar-refractivity contribution in [1.29, 1.82) is 0 Å². The Morgan fingerprint density at radius 2 is 2.40 bits per heavy atom. The molecule has 2 aliphatic rings. The van der Waals surface area contributed by atoms with Gasteiger partial charge in [-0.1, -0.05) is 5.92 Å². The van der Waals surface area contributed by atoms with Crippen LogP contribution in [0.4, 0.5) is 0 Å². The second-order valence-corrected chi connectivity index (χ2v) is 2.86. The zero-order valence-corrected chi connectivity index (χ0v) is 7.50. The number of ether oxygens (including phenoxy) is 1. The van der Waals surface area contributed by atoms with Crippen molar-refractivity contribution in [2.75, 3.05) is 7.11 Å². The van der Waals surface area contributed by atoms with Gasteiger partial charge < -0.3 is 4.74 Å². The van der Waals surface area contributed by atoms with E-state index in [1.807, 2.05) is 0 Å². The Hall–Kier alpha value is 0.232. The summed E-state index contributed by atoms with van der Waals surface area (Å²) in [7, 11) is 1.80. The van der Waals surface area contributed by atoms with Crippen molar-refractivity contribution in [2.45, 2.75) is 18.9 Å². The molecule has 2 heteroatoms. The Kier molecular flexibility index (Phi) is 2.57. The Morgan fingerprint density at radius 1 is 1.60 bits per heavy atom. The van der Waals surface area contributed by atoms with Gasteiger partial charge in [0.05, 0.1) is 0 Å². The van der Waals surface area contributed by atoms with Crippen molar-refractivity contribution in [3.8, 4) is 0 Å². The summed E-state index contributed by atoms with van der Waals surface area (Å²) >= 11 is 0. The van der Waals surface area contributed by atoms with Gasteiger partial charge in [-0.3, -0.25) is 0 Å². The molecule has 1 nitrogen and oxygen atoms in total. The summed E-state index contributed by atoms with van der Waals surface area (Å²) in [5.74, 6) is 2.31. The Bertz CT molecular complexity index is 144. The van der Waals surface area contributed by atoms with Crippen LogP contribution < -0.4 is 0 Å². The van der Waals surface area contributed by atoms with Gasteiger partial charge in [0.15, 0.2) is 0 Å². The number of hydrogen-bond acceptors (Lipinski definition) is 1. The van der Waals surface area contributed by atoms with Gasteiger partial charge in [-0.25, -0.2) is 12.2 Å². The predicted octanol–water partition coefficient (Wildman–Crippen LogP) is 1.55. The minimum atomic E-state index is 0. The summed E-state index contributed by atoms with van der Waals surface area (Å²) in [5, 5.41) is 0. The molecule has 0 aromatic carbocycles. The van der Waals surface area contributed by atoms with Crippen LogP contribution in [0.15, 0.2) is 12.2 Å². The van der Waals surface area contributed by atoms with E-state index in [-0.39, 0.29) is 20.4 Å². The molecule has 10 heavy (non-hydrogen) atoms. The fourth-order valence-electron chi connectivity index (χ4n) is 1.77. The van der Waals surface area contributed by atoms with E-state index in [0.29, 0.717) is 6.10 Å². The third-order valence-corrected chi connectivity index (χ3v) is 2.30.